The van der Waals surface area contributed by atoms with Crippen molar-refractivity contribution in [2.45, 2.75) is 78.0 Å². The van der Waals surface area contributed by atoms with Crippen molar-refractivity contribution in [1.82, 2.24) is 5.32 Å². The van der Waals surface area contributed by atoms with Crippen LogP contribution in [0.5, 0.6) is 0 Å². The van der Waals surface area contributed by atoms with Crippen LogP contribution >= 0.6 is 0 Å². The molecule has 0 aromatic rings. The molecule has 6 nitrogen and oxygen atoms in total. The summed E-state index contributed by atoms with van der Waals surface area (Å²) in [6.45, 7) is 11.5. The van der Waals surface area contributed by atoms with Crippen molar-refractivity contribution in [2.75, 3.05) is 6.54 Å². The van der Waals surface area contributed by atoms with Gasteiger partial charge in [-0.2, -0.15) is 0 Å². The molecule has 0 aliphatic rings. The largest absolute Gasteiger partial charge is 0.456 e. The molecule has 0 rings (SSSR count). The molecule has 0 saturated carbocycles. The lowest BCUT2D eigenvalue weighted by atomic mass is 10.1. The minimum absolute atomic E-state index is 0.275. The third-order valence-electron chi connectivity index (χ3n) is 2.39. The van der Waals surface area contributed by atoms with Crippen molar-refractivity contribution in [2.24, 2.45) is 0 Å². The van der Waals surface area contributed by atoms with E-state index in [0.29, 0.717) is 13.0 Å². The normalized spacial score (nSPS) is 13.5. The second kappa shape index (κ2) is 8.22. The second-order valence-corrected chi connectivity index (χ2v) is 7.15. The maximum atomic E-state index is 11.7. The van der Waals surface area contributed by atoms with Gasteiger partial charge in [0.1, 0.15) is 11.2 Å². The zero-order valence-electron chi connectivity index (χ0n) is 14.2. The Morgan fingerprint density at radius 2 is 1.52 bits per heavy atom. The number of nitrogens with one attached hydrogen (secondary N) is 1. The monoisotopic (exact) mass is 303 g/mol. The third kappa shape index (κ3) is 12.2. The van der Waals surface area contributed by atoms with E-state index in [1.54, 1.807) is 0 Å². The molecule has 0 saturated heterocycles. The summed E-state index contributed by atoms with van der Waals surface area (Å²) in [6.07, 6.45) is 1.79. The predicted octanol–water partition coefficient (Wildman–Crippen LogP) is 1.63. The van der Waals surface area contributed by atoms with Crippen LogP contribution in [-0.2, 0) is 14.3 Å². The standard InChI is InChI=1S/C15H30N2O4/c1-14(2,3)20-12(18)11(16)9-7-8-10-17-13(19)21-15(4,5)6/h11H,7-10,16H2,1-6H3,(H,17,19)/p+1/t11-/m1/s1. The zero-order valence-corrected chi connectivity index (χ0v) is 14.2. The average molecular weight is 303 g/mol. The molecule has 0 aromatic carbocycles. The molecule has 21 heavy (non-hydrogen) atoms. The first-order chi connectivity index (χ1) is 9.41. The molecule has 124 valence electrons. The molecule has 0 aliphatic carbocycles. The molecule has 0 fully saturated rings. The van der Waals surface area contributed by atoms with Gasteiger partial charge in [-0.05, 0) is 54.4 Å². The third-order valence-corrected chi connectivity index (χ3v) is 2.39. The lowest BCUT2D eigenvalue weighted by Gasteiger charge is -2.21. The Balaban J connectivity index is 3.76. The molecule has 0 aliphatic heterocycles. The minimum atomic E-state index is -0.487. The topological polar surface area (TPSA) is 92.3 Å². The fourth-order valence-corrected chi connectivity index (χ4v) is 1.52. The number of hydrogen-bond donors (Lipinski definition) is 2. The molecule has 6 heteroatoms. The molecule has 1 amide bonds. The van der Waals surface area contributed by atoms with Gasteiger partial charge in [-0.3, -0.25) is 0 Å². The number of hydrogen-bond acceptors (Lipinski definition) is 4. The summed E-state index contributed by atoms with van der Waals surface area (Å²) in [7, 11) is 0. The molecule has 0 aromatic heterocycles. The summed E-state index contributed by atoms with van der Waals surface area (Å²) < 4.78 is 10.4. The van der Waals surface area contributed by atoms with Crippen LogP contribution in [0, 0.1) is 0 Å². The van der Waals surface area contributed by atoms with E-state index in [9.17, 15) is 9.59 Å². The van der Waals surface area contributed by atoms with Crippen molar-refractivity contribution in [3.8, 4) is 0 Å². The van der Waals surface area contributed by atoms with Crippen LogP contribution < -0.4 is 11.1 Å². The Bertz CT molecular complexity index is 343. The molecule has 4 N–H and O–H groups in total. The summed E-state index contributed by atoms with van der Waals surface area (Å²) in [5.41, 5.74) is 2.85. The van der Waals surface area contributed by atoms with Gasteiger partial charge in [0, 0.05) is 13.0 Å². The Kier molecular flexibility index (Phi) is 7.71. The summed E-state index contributed by atoms with van der Waals surface area (Å²) in [4.78, 5) is 23.1. The van der Waals surface area contributed by atoms with Gasteiger partial charge < -0.3 is 20.5 Å². The second-order valence-electron chi connectivity index (χ2n) is 7.15. The highest BCUT2D eigenvalue weighted by molar-refractivity contribution is 5.74. The lowest BCUT2D eigenvalue weighted by molar-refractivity contribution is -0.411. The van der Waals surface area contributed by atoms with Crippen molar-refractivity contribution in [3.63, 3.8) is 0 Å². The number of amides is 1. The first kappa shape index (κ1) is 19.7. The number of carbonyl (C=O) groups excluding carboxylic acids is 2. The fraction of sp³-hybridized carbons (Fsp3) is 0.867. The quantitative estimate of drug-likeness (QED) is 0.576. The number of quaternary nitrogens is 1. The average Bonchev–Trinajstić information content (AvgIpc) is 2.23. The first-order valence-electron chi connectivity index (χ1n) is 7.43. The minimum Gasteiger partial charge on any atom is -0.456 e. The number of rotatable bonds is 6. The van der Waals surface area contributed by atoms with Crippen LogP contribution in [0.4, 0.5) is 4.79 Å². The Morgan fingerprint density at radius 1 is 1.00 bits per heavy atom. The summed E-state index contributed by atoms with van der Waals surface area (Å²) in [6, 6.07) is -0.370. The van der Waals surface area contributed by atoms with Crippen LogP contribution in [0.3, 0.4) is 0 Å². The number of alkyl carbamates (subject to hydrolysis) is 1. The summed E-state index contributed by atoms with van der Waals surface area (Å²) in [5, 5.41) is 2.68. The molecule has 0 heterocycles. The number of unbranched alkanes of at least 4 members (excludes halogenated alkanes) is 1. The van der Waals surface area contributed by atoms with Gasteiger partial charge in [0.2, 0.25) is 0 Å². The maximum Gasteiger partial charge on any atom is 0.407 e. The molecular weight excluding hydrogens is 272 g/mol. The van der Waals surface area contributed by atoms with Gasteiger partial charge in [-0.25, -0.2) is 9.59 Å². The van der Waals surface area contributed by atoms with Crippen LogP contribution in [0.15, 0.2) is 0 Å². The van der Waals surface area contributed by atoms with Crippen LogP contribution in [0.25, 0.3) is 0 Å². The van der Waals surface area contributed by atoms with E-state index >= 15 is 0 Å². The summed E-state index contributed by atoms with van der Waals surface area (Å²) >= 11 is 0. The van der Waals surface area contributed by atoms with Crippen molar-refractivity contribution in [1.29, 1.82) is 0 Å². The van der Waals surface area contributed by atoms with E-state index in [4.69, 9.17) is 9.47 Å². The fourth-order valence-electron chi connectivity index (χ4n) is 1.52. The smallest absolute Gasteiger partial charge is 0.407 e. The van der Waals surface area contributed by atoms with Crippen molar-refractivity contribution in [3.05, 3.63) is 0 Å². The van der Waals surface area contributed by atoms with Gasteiger partial charge >= 0.3 is 12.1 Å². The summed E-state index contributed by atoms with van der Waals surface area (Å²) in [5.74, 6) is -0.275. The number of carbonyl (C=O) groups is 2. The van der Waals surface area contributed by atoms with Crippen molar-refractivity contribution < 1.29 is 24.8 Å². The Hall–Kier alpha value is -1.30. The number of ether oxygens (including phenoxy) is 2. The van der Waals surface area contributed by atoms with Gasteiger partial charge in [0.15, 0.2) is 6.04 Å². The SMILES string of the molecule is CC(C)(C)OC(=O)NCCCC[C@@H]([NH3+])C(=O)OC(C)(C)C. The maximum absolute atomic E-state index is 11.7. The highest BCUT2D eigenvalue weighted by atomic mass is 16.6. The van der Waals surface area contributed by atoms with E-state index in [2.05, 4.69) is 11.1 Å². The Labute approximate surface area is 127 Å². The van der Waals surface area contributed by atoms with E-state index < -0.39 is 17.3 Å². The van der Waals surface area contributed by atoms with Gasteiger partial charge in [0.05, 0.1) is 0 Å². The molecule has 0 bridgehead atoms. The highest BCUT2D eigenvalue weighted by Gasteiger charge is 2.24. The van der Waals surface area contributed by atoms with Crippen LogP contribution in [-0.4, -0.2) is 35.9 Å². The van der Waals surface area contributed by atoms with Gasteiger partial charge in [-0.15, -0.1) is 0 Å². The van der Waals surface area contributed by atoms with Crippen LogP contribution in [0.1, 0.15) is 60.8 Å². The van der Waals surface area contributed by atoms with Gasteiger partial charge in [0.25, 0.3) is 0 Å². The highest BCUT2D eigenvalue weighted by Crippen LogP contribution is 2.09. The Morgan fingerprint density at radius 3 is 2.00 bits per heavy atom. The molecule has 0 unspecified atom stereocenters. The number of esters is 1. The van der Waals surface area contributed by atoms with E-state index in [-0.39, 0.29) is 12.0 Å². The first-order valence-corrected chi connectivity index (χ1v) is 7.43. The molecule has 1 atom stereocenters. The lowest BCUT2D eigenvalue weighted by Crippen LogP contribution is -2.65. The molecule has 0 spiro atoms. The molecule has 0 radical (unpaired) electrons. The predicted molar refractivity (Wildman–Crippen MR) is 80.6 cm³/mol. The molecular formula is C15H31N2O4+. The van der Waals surface area contributed by atoms with E-state index in [1.165, 1.54) is 0 Å². The van der Waals surface area contributed by atoms with Crippen molar-refractivity contribution >= 4 is 12.1 Å². The van der Waals surface area contributed by atoms with Crippen LogP contribution in [0.2, 0.25) is 0 Å². The zero-order chi connectivity index (χ0) is 16.7. The van der Waals surface area contributed by atoms with E-state index in [0.717, 1.165) is 12.8 Å². The van der Waals surface area contributed by atoms with Gasteiger partial charge in [-0.1, -0.05) is 0 Å². The van der Waals surface area contributed by atoms with E-state index in [1.807, 2.05) is 41.5 Å².